The number of rotatable bonds is 4. The smallest absolute Gasteiger partial charge is 0.355 e. The first-order chi connectivity index (χ1) is 10.9. The molecule has 23 heavy (non-hydrogen) atoms. The summed E-state index contributed by atoms with van der Waals surface area (Å²) in [5.41, 5.74) is -2.83. The fourth-order valence-corrected chi connectivity index (χ4v) is 3.19. The minimum atomic E-state index is -1.78. The van der Waals surface area contributed by atoms with Gasteiger partial charge in [0.1, 0.15) is 11.3 Å². The van der Waals surface area contributed by atoms with E-state index in [4.69, 9.17) is 18.9 Å². The molecule has 126 valence electrons. The maximum absolute atomic E-state index is 12.4. The molecular weight excluding hydrogens is 326 g/mol. The molecule has 8 nitrogen and oxygen atoms in total. The maximum atomic E-state index is 12.4. The van der Waals surface area contributed by atoms with E-state index in [0.717, 1.165) is 7.11 Å². The first-order valence-corrected chi connectivity index (χ1v) is 7.71. The van der Waals surface area contributed by atoms with Crippen LogP contribution in [-0.4, -0.2) is 54.8 Å². The predicted octanol–water partition coefficient (Wildman–Crippen LogP) is 0.742. The van der Waals surface area contributed by atoms with Gasteiger partial charge in [0, 0.05) is 6.20 Å². The first kappa shape index (κ1) is 17.4. The van der Waals surface area contributed by atoms with E-state index in [1.165, 1.54) is 30.7 Å². The van der Waals surface area contributed by atoms with E-state index in [9.17, 15) is 14.4 Å². The van der Waals surface area contributed by atoms with Crippen LogP contribution in [0.1, 0.15) is 13.8 Å². The molecule has 0 N–H and O–H groups in total. The second-order valence-electron chi connectivity index (χ2n) is 4.71. The summed E-state index contributed by atoms with van der Waals surface area (Å²) in [5, 5.41) is 1.68. The third-order valence-corrected chi connectivity index (χ3v) is 4.22. The zero-order chi connectivity index (χ0) is 17.2. The lowest BCUT2D eigenvalue weighted by atomic mass is 9.91. The van der Waals surface area contributed by atoms with Crippen molar-refractivity contribution in [2.24, 2.45) is 0 Å². The SMILES string of the molecule is CCOC(=O)C1(C)OC2SC=CN2C(C(=O)OC)=C1C(=O)OC. The van der Waals surface area contributed by atoms with Gasteiger partial charge < -0.3 is 23.8 Å². The number of methoxy groups -OCH3 is 2. The normalized spacial score (nSPS) is 25.9. The van der Waals surface area contributed by atoms with Gasteiger partial charge in [-0.2, -0.15) is 0 Å². The summed E-state index contributed by atoms with van der Waals surface area (Å²) < 4.78 is 20.3. The average molecular weight is 343 g/mol. The summed E-state index contributed by atoms with van der Waals surface area (Å²) in [6.07, 6.45) is 1.56. The van der Waals surface area contributed by atoms with Crippen LogP contribution in [0.3, 0.4) is 0 Å². The fourth-order valence-electron chi connectivity index (χ4n) is 2.30. The summed E-state index contributed by atoms with van der Waals surface area (Å²) >= 11 is 1.24. The van der Waals surface area contributed by atoms with Crippen LogP contribution in [0, 0.1) is 0 Å². The Labute approximate surface area is 137 Å². The van der Waals surface area contributed by atoms with Gasteiger partial charge in [-0.3, -0.25) is 0 Å². The molecule has 2 rings (SSSR count). The molecule has 0 radical (unpaired) electrons. The first-order valence-electron chi connectivity index (χ1n) is 6.77. The van der Waals surface area contributed by atoms with Gasteiger partial charge >= 0.3 is 17.9 Å². The van der Waals surface area contributed by atoms with E-state index in [1.807, 2.05) is 0 Å². The highest BCUT2D eigenvalue weighted by Crippen LogP contribution is 2.43. The number of carbonyl (C=O) groups excluding carboxylic acids is 3. The molecule has 9 heteroatoms. The number of nitrogens with zero attached hydrogens (tertiary/aromatic N) is 1. The molecule has 2 aliphatic heterocycles. The summed E-state index contributed by atoms with van der Waals surface area (Å²) in [6, 6.07) is 0. The molecule has 0 aromatic heterocycles. The van der Waals surface area contributed by atoms with Crippen LogP contribution in [0.4, 0.5) is 0 Å². The number of hydrogen-bond acceptors (Lipinski definition) is 9. The van der Waals surface area contributed by atoms with Gasteiger partial charge in [0.05, 0.1) is 20.8 Å². The third kappa shape index (κ3) is 2.81. The summed E-state index contributed by atoms with van der Waals surface area (Å²) in [6.45, 7) is 3.10. The zero-order valence-electron chi connectivity index (χ0n) is 13.2. The molecule has 0 amide bonds. The Balaban J connectivity index is 2.67. The highest BCUT2D eigenvalue weighted by molar-refractivity contribution is 8.02. The van der Waals surface area contributed by atoms with Gasteiger partial charge in [-0.25, -0.2) is 14.4 Å². The van der Waals surface area contributed by atoms with Crippen LogP contribution in [0.2, 0.25) is 0 Å². The molecule has 0 saturated heterocycles. The molecule has 0 spiro atoms. The summed E-state index contributed by atoms with van der Waals surface area (Å²) in [7, 11) is 2.33. The number of thioether (sulfide) groups is 1. The number of ether oxygens (including phenoxy) is 4. The summed E-state index contributed by atoms with van der Waals surface area (Å²) in [5.74, 6) is -2.43. The van der Waals surface area contributed by atoms with Gasteiger partial charge in [-0.1, -0.05) is 11.8 Å². The van der Waals surface area contributed by atoms with Gasteiger partial charge in [-0.15, -0.1) is 0 Å². The van der Waals surface area contributed by atoms with Gasteiger partial charge in [0.15, 0.2) is 11.2 Å². The van der Waals surface area contributed by atoms with E-state index in [2.05, 4.69) is 0 Å². The Morgan fingerprint density at radius 2 is 1.96 bits per heavy atom. The Kier molecular flexibility index (Phi) is 5.00. The quantitative estimate of drug-likeness (QED) is 0.541. The molecule has 0 aliphatic carbocycles. The van der Waals surface area contributed by atoms with Crippen molar-refractivity contribution >= 4 is 29.7 Å². The van der Waals surface area contributed by atoms with E-state index >= 15 is 0 Å². The lowest BCUT2D eigenvalue weighted by Crippen LogP contribution is -2.55. The monoisotopic (exact) mass is 343 g/mol. The van der Waals surface area contributed by atoms with Crippen LogP contribution < -0.4 is 0 Å². The number of fused-ring (bicyclic) bond motifs is 1. The lowest BCUT2D eigenvalue weighted by Gasteiger charge is -2.41. The molecule has 0 fully saturated rings. The Bertz CT molecular complexity index is 600. The molecule has 2 heterocycles. The fraction of sp³-hybridized carbons (Fsp3) is 0.500. The standard InChI is InChI=1S/C14H17NO7S/c1-5-21-12(18)14(2)8(10(16)19-3)9(11(17)20-4)15-6-7-23-13(15)22-14/h6-7,13H,5H2,1-4H3. The minimum absolute atomic E-state index is 0.0968. The zero-order valence-corrected chi connectivity index (χ0v) is 14.0. The Morgan fingerprint density at radius 3 is 2.52 bits per heavy atom. The Hall–Kier alpha value is -2.00. The summed E-state index contributed by atoms with van der Waals surface area (Å²) in [4.78, 5) is 38.3. The molecule has 0 bridgehead atoms. The van der Waals surface area contributed by atoms with E-state index in [1.54, 1.807) is 18.5 Å². The van der Waals surface area contributed by atoms with Crippen molar-refractivity contribution in [2.45, 2.75) is 25.0 Å². The van der Waals surface area contributed by atoms with Crippen molar-refractivity contribution in [3.8, 4) is 0 Å². The molecule has 2 aliphatic rings. The highest BCUT2D eigenvalue weighted by Gasteiger charge is 2.55. The van der Waals surface area contributed by atoms with Crippen LogP contribution in [0.5, 0.6) is 0 Å². The van der Waals surface area contributed by atoms with Crippen molar-refractivity contribution in [3.63, 3.8) is 0 Å². The molecule has 0 saturated carbocycles. The maximum Gasteiger partial charge on any atom is 0.355 e. The van der Waals surface area contributed by atoms with E-state index in [-0.39, 0.29) is 17.9 Å². The van der Waals surface area contributed by atoms with E-state index < -0.39 is 29.1 Å². The molecule has 2 unspecified atom stereocenters. The van der Waals surface area contributed by atoms with Crippen molar-refractivity contribution in [3.05, 3.63) is 22.9 Å². The number of esters is 3. The number of hydrogen-bond donors (Lipinski definition) is 0. The van der Waals surface area contributed by atoms with Crippen molar-refractivity contribution in [1.29, 1.82) is 0 Å². The number of carbonyl (C=O) groups is 3. The lowest BCUT2D eigenvalue weighted by molar-refractivity contribution is -0.179. The van der Waals surface area contributed by atoms with Crippen molar-refractivity contribution < 1.29 is 33.3 Å². The molecule has 2 atom stereocenters. The second kappa shape index (κ2) is 6.63. The highest BCUT2D eigenvalue weighted by atomic mass is 32.2. The second-order valence-corrected chi connectivity index (χ2v) is 5.66. The Morgan fingerprint density at radius 1 is 1.30 bits per heavy atom. The minimum Gasteiger partial charge on any atom is -0.466 e. The molecule has 0 aromatic carbocycles. The van der Waals surface area contributed by atoms with E-state index in [0.29, 0.717) is 0 Å². The van der Waals surface area contributed by atoms with Crippen molar-refractivity contribution in [2.75, 3.05) is 20.8 Å². The van der Waals surface area contributed by atoms with Gasteiger partial charge in [0.2, 0.25) is 0 Å². The van der Waals surface area contributed by atoms with Gasteiger partial charge in [-0.05, 0) is 19.3 Å². The van der Waals surface area contributed by atoms with Crippen LogP contribution in [0.25, 0.3) is 0 Å². The van der Waals surface area contributed by atoms with Gasteiger partial charge in [0.25, 0.3) is 0 Å². The third-order valence-electron chi connectivity index (χ3n) is 3.39. The topological polar surface area (TPSA) is 91.4 Å². The molecular formula is C14H17NO7S. The molecule has 0 aromatic rings. The van der Waals surface area contributed by atoms with Crippen LogP contribution >= 0.6 is 11.8 Å². The van der Waals surface area contributed by atoms with Crippen molar-refractivity contribution in [1.82, 2.24) is 4.90 Å². The van der Waals surface area contributed by atoms with Crippen LogP contribution in [0.15, 0.2) is 22.9 Å². The average Bonchev–Trinajstić information content (AvgIpc) is 2.99. The largest absolute Gasteiger partial charge is 0.466 e. The predicted molar refractivity (Wildman–Crippen MR) is 79.5 cm³/mol. The van der Waals surface area contributed by atoms with Crippen LogP contribution in [-0.2, 0) is 33.3 Å².